The zero-order valence-electron chi connectivity index (χ0n) is 8.18. The lowest BCUT2D eigenvalue weighted by Crippen LogP contribution is -2.44. The van der Waals surface area contributed by atoms with Crippen molar-refractivity contribution in [2.45, 2.75) is 37.5 Å². The first-order valence-electron chi connectivity index (χ1n) is 5.08. The Hall–Kier alpha value is -0.780. The van der Waals surface area contributed by atoms with Gasteiger partial charge >= 0.3 is 12.1 Å². The van der Waals surface area contributed by atoms with Gasteiger partial charge in [-0.25, -0.2) is 0 Å². The van der Waals surface area contributed by atoms with Gasteiger partial charge in [0.25, 0.3) is 0 Å². The number of rotatable bonds is 2. The van der Waals surface area contributed by atoms with Crippen molar-refractivity contribution in [1.29, 1.82) is 0 Å². The lowest BCUT2D eigenvalue weighted by atomic mass is 10.2. The van der Waals surface area contributed by atoms with Crippen molar-refractivity contribution in [2.75, 3.05) is 13.1 Å². The Bertz CT molecular complexity index is 263. The lowest BCUT2D eigenvalue weighted by Gasteiger charge is -2.16. The Morgan fingerprint density at radius 1 is 1.27 bits per heavy atom. The van der Waals surface area contributed by atoms with E-state index in [-0.39, 0.29) is 6.04 Å². The van der Waals surface area contributed by atoms with E-state index in [0.29, 0.717) is 19.0 Å². The second-order valence-corrected chi connectivity index (χ2v) is 4.18. The van der Waals surface area contributed by atoms with Gasteiger partial charge in [0.15, 0.2) is 0 Å². The summed E-state index contributed by atoms with van der Waals surface area (Å²) in [6.45, 7) is 1.36. The van der Waals surface area contributed by atoms with Crippen LogP contribution in [0.25, 0.3) is 0 Å². The molecule has 1 heterocycles. The van der Waals surface area contributed by atoms with E-state index in [1.165, 1.54) is 0 Å². The predicted molar refractivity (Wildman–Crippen MR) is 47.2 cm³/mol. The summed E-state index contributed by atoms with van der Waals surface area (Å²) in [5.74, 6) is -1.81. The molecule has 1 unspecified atom stereocenters. The van der Waals surface area contributed by atoms with Gasteiger partial charge in [-0.15, -0.1) is 0 Å². The molecule has 0 aromatic heterocycles. The number of amides is 1. The topological polar surface area (TPSA) is 32.3 Å². The Morgan fingerprint density at radius 3 is 2.47 bits per heavy atom. The van der Waals surface area contributed by atoms with Gasteiger partial charge in [-0.05, 0) is 19.3 Å². The molecule has 0 aromatic rings. The number of hydrogen-bond acceptors (Lipinski definition) is 2. The summed E-state index contributed by atoms with van der Waals surface area (Å²) in [5.41, 5.74) is 0. The first-order chi connectivity index (χ1) is 6.97. The van der Waals surface area contributed by atoms with E-state index in [4.69, 9.17) is 0 Å². The molecule has 1 N–H and O–H groups in total. The number of halogens is 3. The molecule has 0 aromatic carbocycles. The third-order valence-electron chi connectivity index (χ3n) is 2.88. The summed E-state index contributed by atoms with van der Waals surface area (Å²) >= 11 is 0. The molecule has 0 bridgehead atoms. The highest BCUT2D eigenvalue weighted by atomic mass is 19.4. The monoisotopic (exact) mass is 222 g/mol. The van der Waals surface area contributed by atoms with Crippen LogP contribution in [0.3, 0.4) is 0 Å². The van der Waals surface area contributed by atoms with E-state index in [9.17, 15) is 18.0 Å². The molecule has 3 nitrogen and oxygen atoms in total. The number of nitrogens with one attached hydrogen (secondary N) is 1. The number of carbonyl (C=O) groups is 1. The van der Waals surface area contributed by atoms with Gasteiger partial charge in [-0.1, -0.05) is 0 Å². The average Bonchev–Trinajstić information content (AvgIpc) is 2.87. The number of nitrogens with zero attached hydrogens (tertiary/aromatic N) is 1. The van der Waals surface area contributed by atoms with Crippen molar-refractivity contribution < 1.29 is 18.0 Å². The standard InChI is InChI=1S/C9H13F3N2O/c10-9(11,12)8(15)13-6-3-4-14(5-6)7-1-2-7/h6-7H,1-5H2,(H,13,15). The second-order valence-electron chi connectivity index (χ2n) is 4.18. The van der Waals surface area contributed by atoms with Crippen molar-refractivity contribution in [3.63, 3.8) is 0 Å². The van der Waals surface area contributed by atoms with Gasteiger partial charge in [0.2, 0.25) is 0 Å². The summed E-state index contributed by atoms with van der Waals surface area (Å²) in [4.78, 5) is 12.8. The first-order valence-corrected chi connectivity index (χ1v) is 5.08. The first kappa shape index (κ1) is 10.7. The van der Waals surface area contributed by atoms with Crippen LogP contribution in [0.5, 0.6) is 0 Å². The highest BCUT2D eigenvalue weighted by molar-refractivity contribution is 5.81. The maximum atomic E-state index is 11.9. The van der Waals surface area contributed by atoms with Crippen LogP contribution in [-0.2, 0) is 4.79 Å². The predicted octanol–water partition coefficient (Wildman–Crippen LogP) is 0.902. The van der Waals surface area contributed by atoms with Gasteiger partial charge in [-0.3, -0.25) is 9.69 Å². The molecule has 1 atom stereocenters. The highest BCUT2D eigenvalue weighted by Crippen LogP contribution is 2.30. The van der Waals surface area contributed by atoms with Crippen molar-refractivity contribution >= 4 is 5.91 Å². The molecule has 6 heteroatoms. The van der Waals surface area contributed by atoms with Crippen LogP contribution in [-0.4, -0.2) is 42.2 Å². The number of carbonyl (C=O) groups excluding carboxylic acids is 1. The molecule has 1 saturated carbocycles. The van der Waals surface area contributed by atoms with Gasteiger partial charge in [0.05, 0.1) is 0 Å². The van der Waals surface area contributed by atoms with Gasteiger partial charge in [0.1, 0.15) is 0 Å². The normalized spacial score (nSPS) is 28.1. The molecule has 0 radical (unpaired) electrons. The van der Waals surface area contributed by atoms with Crippen LogP contribution < -0.4 is 5.32 Å². The summed E-state index contributed by atoms with van der Waals surface area (Å²) in [6, 6.07) is 0.220. The summed E-state index contributed by atoms with van der Waals surface area (Å²) in [7, 11) is 0. The Morgan fingerprint density at radius 2 is 1.93 bits per heavy atom. The van der Waals surface area contributed by atoms with E-state index in [1.54, 1.807) is 0 Å². The molecular weight excluding hydrogens is 209 g/mol. The number of alkyl halides is 3. The van der Waals surface area contributed by atoms with Crippen LogP contribution in [0.4, 0.5) is 13.2 Å². The maximum Gasteiger partial charge on any atom is 0.471 e. The molecule has 2 aliphatic rings. The molecule has 1 amide bonds. The summed E-state index contributed by atoms with van der Waals surface area (Å²) < 4.78 is 35.8. The molecule has 0 spiro atoms. The van der Waals surface area contributed by atoms with Crippen molar-refractivity contribution in [1.82, 2.24) is 10.2 Å². The minimum absolute atomic E-state index is 0.334. The quantitative estimate of drug-likeness (QED) is 0.753. The van der Waals surface area contributed by atoms with Crippen LogP contribution in [0.15, 0.2) is 0 Å². The molecule has 15 heavy (non-hydrogen) atoms. The fourth-order valence-corrected chi connectivity index (χ4v) is 1.94. The van der Waals surface area contributed by atoms with Crippen molar-refractivity contribution in [2.24, 2.45) is 0 Å². The van der Waals surface area contributed by atoms with Gasteiger partial charge in [0, 0.05) is 25.2 Å². The van der Waals surface area contributed by atoms with Crippen molar-refractivity contribution in [3.05, 3.63) is 0 Å². The van der Waals surface area contributed by atoms with E-state index in [2.05, 4.69) is 4.90 Å². The van der Waals surface area contributed by atoms with Crippen LogP contribution in [0.1, 0.15) is 19.3 Å². The fourth-order valence-electron chi connectivity index (χ4n) is 1.94. The van der Waals surface area contributed by atoms with Gasteiger partial charge < -0.3 is 5.32 Å². The largest absolute Gasteiger partial charge is 0.471 e. The fraction of sp³-hybridized carbons (Fsp3) is 0.889. The molecule has 1 aliphatic heterocycles. The van der Waals surface area contributed by atoms with Gasteiger partial charge in [-0.2, -0.15) is 13.2 Å². The smallest absolute Gasteiger partial charge is 0.344 e. The Labute approximate surface area is 85.6 Å². The summed E-state index contributed by atoms with van der Waals surface area (Å²) in [6.07, 6.45) is -1.86. The molecule has 1 aliphatic carbocycles. The van der Waals surface area contributed by atoms with Crippen molar-refractivity contribution in [3.8, 4) is 0 Å². The third kappa shape index (κ3) is 2.62. The average molecular weight is 222 g/mol. The minimum atomic E-state index is -4.76. The molecule has 2 fully saturated rings. The SMILES string of the molecule is O=C(NC1CCN(C2CC2)C1)C(F)(F)F. The maximum absolute atomic E-state index is 11.9. The van der Waals surface area contributed by atoms with Crippen LogP contribution in [0.2, 0.25) is 0 Å². The number of likely N-dealkylation sites (tertiary alicyclic amines) is 1. The zero-order valence-corrected chi connectivity index (χ0v) is 8.18. The second kappa shape index (κ2) is 3.66. The molecular formula is C9H13F3N2O. The van der Waals surface area contributed by atoms with E-state index in [1.807, 2.05) is 5.32 Å². The van der Waals surface area contributed by atoms with E-state index < -0.39 is 12.1 Å². The Balaban J connectivity index is 1.79. The summed E-state index contributed by atoms with van der Waals surface area (Å²) in [5, 5.41) is 2.03. The molecule has 2 rings (SSSR count). The Kier molecular flexibility index (Phi) is 2.62. The molecule has 86 valence electrons. The zero-order chi connectivity index (χ0) is 11.1. The molecule has 1 saturated heterocycles. The van der Waals surface area contributed by atoms with E-state index >= 15 is 0 Å². The lowest BCUT2D eigenvalue weighted by molar-refractivity contribution is -0.174. The van der Waals surface area contributed by atoms with Crippen LogP contribution in [0, 0.1) is 0 Å². The third-order valence-corrected chi connectivity index (χ3v) is 2.88. The minimum Gasteiger partial charge on any atom is -0.344 e. The highest BCUT2D eigenvalue weighted by Gasteiger charge is 2.41. The van der Waals surface area contributed by atoms with Crippen LogP contribution >= 0.6 is 0 Å². The van der Waals surface area contributed by atoms with E-state index in [0.717, 1.165) is 19.4 Å². The number of hydrogen-bond donors (Lipinski definition) is 1.